The number of nitrogens with two attached hydrogens (primary N) is 1. The molecule has 0 unspecified atom stereocenters. The maximum Gasteiger partial charge on any atom is 0.0355 e. The van der Waals surface area contributed by atoms with Crippen LogP contribution in [0.3, 0.4) is 0 Å². The third kappa shape index (κ3) is 11.4. The van der Waals surface area contributed by atoms with Crippen LogP contribution in [0, 0.1) is 0 Å². The minimum Gasteiger partial charge on any atom is -0.401 e. The second-order valence-electron chi connectivity index (χ2n) is 8.17. The summed E-state index contributed by atoms with van der Waals surface area (Å²) in [5.74, 6) is 0. The van der Waals surface area contributed by atoms with Crippen molar-refractivity contribution in [3.8, 4) is 0 Å². The molecular formula is C32H44N2. The van der Waals surface area contributed by atoms with Gasteiger partial charge in [-0.05, 0) is 68.9 Å². The maximum atomic E-state index is 6.44. The lowest BCUT2D eigenvalue weighted by Gasteiger charge is -2.13. The van der Waals surface area contributed by atoms with Gasteiger partial charge in [0.1, 0.15) is 0 Å². The molecule has 0 aromatic rings. The molecule has 0 spiro atoms. The van der Waals surface area contributed by atoms with E-state index in [2.05, 4.69) is 89.4 Å². The second kappa shape index (κ2) is 17.0. The molecule has 0 rings (SSSR count). The Bertz CT molecular complexity index is 982. The lowest BCUT2D eigenvalue weighted by Crippen LogP contribution is -2.11. The Morgan fingerprint density at radius 2 is 1.53 bits per heavy atom. The minimum atomic E-state index is 0.625. The summed E-state index contributed by atoms with van der Waals surface area (Å²) in [5.41, 5.74) is 15.9. The molecule has 34 heavy (non-hydrogen) atoms. The Hall–Kier alpha value is -3.52. The fraction of sp³-hybridized carbons (Fsp3) is 0.250. The number of likely N-dealkylation sites (N-methyl/N-ethyl adjacent to an activating group) is 1. The number of allylic oxidation sites excluding steroid dienone is 16. The third-order valence-corrected chi connectivity index (χ3v) is 5.39. The van der Waals surface area contributed by atoms with E-state index in [1.54, 1.807) is 0 Å². The fourth-order valence-corrected chi connectivity index (χ4v) is 3.31. The van der Waals surface area contributed by atoms with E-state index in [9.17, 15) is 0 Å². The predicted molar refractivity (Wildman–Crippen MR) is 155 cm³/mol. The van der Waals surface area contributed by atoms with Crippen molar-refractivity contribution in [2.24, 2.45) is 5.73 Å². The average molecular weight is 457 g/mol. The van der Waals surface area contributed by atoms with Crippen LogP contribution in [0.2, 0.25) is 0 Å². The Kier molecular flexibility index (Phi) is 15.3. The predicted octanol–water partition coefficient (Wildman–Crippen LogP) is 8.48. The van der Waals surface area contributed by atoms with Gasteiger partial charge in [-0.15, -0.1) is 0 Å². The minimum absolute atomic E-state index is 0.625. The molecule has 0 aromatic heterocycles. The van der Waals surface area contributed by atoms with Gasteiger partial charge in [-0.3, -0.25) is 0 Å². The van der Waals surface area contributed by atoms with E-state index >= 15 is 0 Å². The number of nitrogens with one attached hydrogen (secondary N) is 1. The normalized spacial score (nSPS) is 14.9. The molecule has 0 fully saturated rings. The molecule has 2 nitrogen and oxygen atoms in total. The fourth-order valence-electron chi connectivity index (χ4n) is 3.31. The van der Waals surface area contributed by atoms with Crippen LogP contribution in [0.15, 0.2) is 144 Å². The molecule has 0 aliphatic heterocycles. The largest absolute Gasteiger partial charge is 0.401 e. The van der Waals surface area contributed by atoms with Crippen molar-refractivity contribution in [1.82, 2.24) is 5.32 Å². The summed E-state index contributed by atoms with van der Waals surface area (Å²) < 4.78 is 0. The van der Waals surface area contributed by atoms with Crippen LogP contribution in [-0.2, 0) is 0 Å². The molecule has 0 aliphatic rings. The van der Waals surface area contributed by atoms with Gasteiger partial charge in [0.2, 0.25) is 0 Å². The molecular weight excluding hydrogens is 412 g/mol. The summed E-state index contributed by atoms with van der Waals surface area (Å²) in [5, 5.41) is 3.12. The Balaban J connectivity index is 6.06. The maximum absolute atomic E-state index is 6.44. The van der Waals surface area contributed by atoms with Crippen molar-refractivity contribution in [2.75, 3.05) is 7.05 Å². The number of hydrogen-bond donors (Lipinski definition) is 2. The van der Waals surface area contributed by atoms with Gasteiger partial charge in [-0.25, -0.2) is 0 Å². The Labute approximate surface area is 209 Å². The van der Waals surface area contributed by atoms with E-state index in [1.165, 1.54) is 22.3 Å². The zero-order valence-electron chi connectivity index (χ0n) is 22.0. The summed E-state index contributed by atoms with van der Waals surface area (Å²) in [4.78, 5) is 0. The van der Waals surface area contributed by atoms with Crippen LogP contribution in [-0.4, -0.2) is 7.05 Å². The number of hydrogen-bond acceptors (Lipinski definition) is 2. The van der Waals surface area contributed by atoms with E-state index in [0.29, 0.717) is 6.42 Å². The van der Waals surface area contributed by atoms with Crippen LogP contribution in [0.1, 0.15) is 47.0 Å². The van der Waals surface area contributed by atoms with Gasteiger partial charge in [0.05, 0.1) is 0 Å². The zero-order valence-corrected chi connectivity index (χ0v) is 22.0. The van der Waals surface area contributed by atoms with Crippen molar-refractivity contribution in [3.63, 3.8) is 0 Å². The van der Waals surface area contributed by atoms with E-state index in [-0.39, 0.29) is 0 Å². The molecule has 0 bridgehead atoms. The second-order valence-corrected chi connectivity index (χ2v) is 8.17. The van der Waals surface area contributed by atoms with Gasteiger partial charge >= 0.3 is 0 Å². The summed E-state index contributed by atoms with van der Waals surface area (Å²) >= 11 is 0. The highest BCUT2D eigenvalue weighted by atomic mass is 14.8. The van der Waals surface area contributed by atoms with Gasteiger partial charge < -0.3 is 11.1 Å². The SMILES string of the molecule is C=C/C=C(\C=C(/C)C/C(C=C)=C/C(C(=C)NC)=C(/N)C/C=C(/C)C=C)CC(=C/C)/C(C)=C\C=C. The highest BCUT2D eigenvalue weighted by molar-refractivity contribution is 5.46. The highest BCUT2D eigenvalue weighted by Crippen LogP contribution is 2.24. The van der Waals surface area contributed by atoms with Gasteiger partial charge in [-0.1, -0.05) is 98.7 Å². The van der Waals surface area contributed by atoms with E-state index < -0.39 is 0 Å². The lowest BCUT2D eigenvalue weighted by atomic mass is 9.95. The van der Waals surface area contributed by atoms with Crippen LogP contribution in [0.25, 0.3) is 0 Å². The molecule has 182 valence electrons. The monoisotopic (exact) mass is 456 g/mol. The Morgan fingerprint density at radius 1 is 0.882 bits per heavy atom. The Morgan fingerprint density at radius 3 is 2.03 bits per heavy atom. The number of rotatable bonds is 15. The van der Waals surface area contributed by atoms with Crippen molar-refractivity contribution < 1.29 is 0 Å². The smallest absolute Gasteiger partial charge is 0.0355 e. The van der Waals surface area contributed by atoms with Crippen LogP contribution >= 0.6 is 0 Å². The van der Waals surface area contributed by atoms with Gasteiger partial charge in [-0.2, -0.15) is 0 Å². The van der Waals surface area contributed by atoms with Crippen molar-refractivity contribution in [1.29, 1.82) is 0 Å². The standard InChI is InChI=1S/C32H44N2/c1-11-16-26(8)30(15-5)22-29(17-12-2)21-25(7)20-28(14-4)23-31(27(9)34-10)32(33)19-18-24(6)13-3/h11-18,21,23,34H,1-4,9,19-20,22,33H2,5-8,10H3/b24-18-,25-21+,26-16-,28-23+,29-17+,30-15-,32-31-. The van der Waals surface area contributed by atoms with Crippen molar-refractivity contribution in [2.45, 2.75) is 47.0 Å². The summed E-state index contributed by atoms with van der Waals surface area (Å²) in [7, 11) is 1.85. The van der Waals surface area contributed by atoms with E-state index in [1.807, 2.05) is 44.4 Å². The molecule has 0 aromatic carbocycles. The quantitative estimate of drug-likeness (QED) is 0.242. The summed E-state index contributed by atoms with van der Waals surface area (Å²) in [6, 6.07) is 0. The first-order chi connectivity index (χ1) is 16.2. The molecule has 0 saturated carbocycles. The zero-order chi connectivity index (χ0) is 26.1. The first-order valence-corrected chi connectivity index (χ1v) is 11.6. The summed E-state index contributed by atoms with van der Waals surface area (Å²) in [6.07, 6.45) is 22.2. The van der Waals surface area contributed by atoms with Gasteiger partial charge in [0, 0.05) is 30.4 Å². The first-order valence-electron chi connectivity index (χ1n) is 11.6. The molecule has 0 amide bonds. The van der Waals surface area contributed by atoms with Crippen molar-refractivity contribution in [3.05, 3.63) is 144 Å². The molecule has 0 saturated heterocycles. The van der Waals surface area contributed by atoms with Crippen LogP contribution in [0.4, 0.5) is 0 Å². The van der Waals surface area contributed by atoms with E-state index in [0.717, 1.165) is 41.0 Å². The van der Waals surface area contributed by atoms with Crippen molar-refractivity contribution >= 4 is 0 Å². The summed E-state index contributed by atoms with van der Waals surface area (Å²) in [6.45, 7) is 28.0. The first kappa shape index (κ1) is 30.5. The van der Waals surface area contributed by atoms with Crippen LogP contribution in [0.5, 0.6) is 0 Å². The highest BCUT2D eigenvalue weighted by Gasteiger charge is 2.07. The van der Waals surface area contributed by atoms with E-state index in [4.69, 9.17) is 5.73 Å². The molecule has 0 heterocycles. The van der Waals surface area contributed by atoms with Gasteiger partial charge in [0.15, 0.2) is 0 Å². The topological polar surface area (TPSA) is 38.0 Å². The van der Waals surface area contributed by atoms with Gasteiger partial charge in [0.25, 0.3) is 0 Å². The third-order valence-electron chi connectivity index (χ3n) is 5.39. The molecule has 0 aliphatic carbocycles. The molecule has 0 radical (unpaired) electrons. The lowest BCUT2D eigenvalue weighted by molar-refractivity contribution is 0.988. The molecule has 0 atom stereocenters. The van der Waals surface area contributed by atoms with Crippen LogP contribution < -0.4 is 11.1 Å². The average Bonchev–Trinajstić information content (AvgIpc) is 2.82. The molecule has 3 N–H and O–H groups in total. The molecule has 2 heteroatoms.